The summed E-state index contributed by atoms with van der Waals surface area (Å²) in [6.45, 7) is 4.12. The number of H-pyrrole nitrogens is 1. The number of amides is 1. The molecule has 2 N–H and O–H groups in total. The second-order valence-electron chi connectivity index (χ2n) is 4.76. The minimum atomic E-state index is -0.296. The number of thiophene rings is 1. The number of aryl methyl sites for hydroxylation is 2. The Morgan fingerprint density at radius 1 is 1.32 bits per heavy atom. The van der Waals surface area contributed by atoms with Crippen molar-refractivity contribution >= 4 is 33.7 Å². The Labute approximate surface area is 134 Å². The van der Waals surface area contributed by atoms with Crippen LogP contribution in [0.25, 0.3) is 11.3 Å². The molecule has 1 amide bonds. The number of nitrogens with one attached hydrogen (secondary N) is 2. The van der Waals surface area contributed by atoms with Gasteiger partial charge in [-0.25, -0.2) is 4.98 Å². The Kier molecular flexibility index (Phi) is 3.91. The van der Waals surface area contributed by atoms with Gasteiger partial charge in [-0.05, 0) is 26.0 Å². The molecule has 0 saturated carbocycles. The maximum atomic E-state index is 12.1. The zero-order chi connectivity index (χ0) is 15.7. The second-order valence-corrected chi connectivity index (χ2v) is 7.08. The van der Waals surface area contributed by atoms with Crippen molar-refractivity contribution in [3.63, 3.8) is 0 Å². The third-order valence-corrected chi connectivity index (χ3v) is 4.81. The lowest BCUT2D eigenvalue weighted by atomic mass is 10.2. The highest BCUT2D eigenvalue weighted by molar-refractivity contribution is 7.14. The lowest BCUT2D eigenvalue weighted by Gasteiger charge is -2.00. The van der Waals surface area contributed by atoms with E-state index >= 15 is 0 Å². The van der Waals surface area contributed by atoms with Crippen LogP contribution in [0.3, 0.4) is 0 Å². The Bertz CT molecular complexity index is 872. The fourth-order valence-corrected chi connectivity index (χ4v) is 3.70. The number of rotatable bonds is 3. The number of pyridine rings is 1. The molecule has 0 saturated heterocycles. The predicted molar refractivity (Wildman–Crippen MR) is 89.9 cm³/mol. The molecule has 3 aromatic heterocycles. The average molecular weight is 331 g/mol. The molecule has 0 aliphatic heterocycles. The zero-order valence-corrected chi connectivity index (χ0v) is 13.6. The molecule has 7 heteroatoms. The van der Waals surface area contributed by atoms with Crippen LogP contribution in [0.1, 0.15) is 20.1 Å². The van der Waals surface area contributed by atoms with E-state index in [1.54, 1.807) is 11.3 Å². The van der Waals surface area contributed by atoms with Crippen molar-refractivity contribution in [3.8, 4) is 11.3 Å². The molecule has 3 heterocycles. The summed E-state index contributed by atoms with van der Waals surface area (Å²) < 4.78 is 0. The van der Waals surface area contributed by atoms with Crippen molar-refractivity contribution in [2.75, 3.05) is 5.32 Å². The van der Waals surface area contributed by atoms with E-state index in [0.717, 1.165) is 11.3 Å². The highest BCUT2D eigenvalue weighted by Gasteiger charge is 2.12. The van der Waals surface area contributed by atoms with Crippen LogP contribution >= 0.6 is 22.7 Å². The Morgan fingerprint density at radius 2 is 2.14 bits per heavy atom. The summed E-state index contributed by atoms with van der Waals surface area (Å²) >= 11 is 3.11. The Balaban J connectivity index is 1.79. The fourth-order valence-electron chi connectivity index (χ4n) is 2.06. The van der Waals surface area contributed by atoms with E-state index in [0.29, 0.717) is 10.7 Å². The van der Waals surface area contributed by atoms with Gasteiger partial charge in [0.25, 0.3) is 5.91 Å². The molecular weight excluding hydrogens is 318 g/mol. The molecule has 0 bridgehead atoms. The topological polar surface area (TPSA) is 74.8 Å². The van der Waals surface area contributed by atoms with Gasteiger partial charge in [-0.2, -0.15) is 0 Å². The van der Waals surface area contributed by atoms with Crippen molar-refractivity contribution in [3.05, 3.63) is 55.4 Å². The van der Waals surface area contributed by atoms with Gasteiger partial charge in [-0.15, -0.1) is 22.7 Å². The van der Waals surface area contributed by atoms with Gasteiger partial charge in [-0.3, -0.25) is 14.9 Å². The number of carbonyl (C=O) groups excluding carboxylic acids is 1. The maximum Gasteiger partial charge on any atom is 0.258 e. The summed E-state index contributed by atoms with van der Waals surface area (Å²) in [6, 6.07) is 4.90. The van der Waals surface area contributed by atoms with Crippen LogP contribution in [-0.2, 0) is 0 Å². The lowest BCUT2D eigenvalue weighted by molar-refractivity contribution is 0.102. The summed E-state index contributed by atoms with van der Waals surface area (Å²) in [5.41, 5.74) is 2.11. The average Bonchev–Trinajstić information content (AvgIpc) is 3.06. The molecule has 112 valence electrons. The molecule has 22 heavy (non-hydrogen) atoms. The number of thiazole rings is 1. The van der Waals surface area contributed by atoms with Crippen LogP contribution in [0, 0.1) is 13.8 Å². The molecule has 0 aliphatic rings. The molecule has 0 aromatic carbocycles. The summed E-state index contributed by atoms with van der Waals surface area (Å²) in [4.78, 5) is 32.5. The van der Waals surface area contributed by atoms with E-state index in [4.69, 9.17) is 0 Å². The van der Waals surface area contributed by atoms with E-state index in [9.17, 15) is 9.59 Å². The number of aromatic nitrogens is 2. The second kappa shape index (κ2) is 5.86. The monoisotopic (exact) mass is 331 g/mol. The number of aromatic amines is 1. The van der Waals surface area contributed by atoms with Crippen molar-refractivity contribution < 1.29 is 4.79 Å². The summed E-state index contributed by atoms with van der Waals surface area (Å²) in [7, 11) is 0. The molecule has 5 nitrogen and oxygen atoms in total. The first kappa shape index (κ1) is 14.7. The highest BCUT2D eigenvalue weighted by atomic mass is 32.1. The summed E-state index contributed by atoms with van der Waals surface area (Å²) in [5, 5.41) is 5.21. The molecule has 3 rings (SSSR count). The van der Waals surface area contributed by atoms with E-state index in [-0.39, 0.29) is 11.5 Å². The largest absolute Gasteiger partial charge is 0.328 e. The van der Waals surface area contributed by atoms with Crippen molar-refractivity contribution in [1.29, 1.82) is 0 Å². The molecule has 0 radical (unpaired) electrons. The van der Waals surface area contributed by atoms with Gasteiger partial charge < -0.3 is 4.98 Å². The number of anilines is 1. The minimum absolute atomic E-state index is 0.239. The van der Waals surface area contributed by atoms with Gasteiger partial charge in [0, 0.05) is 33.0 Å². The number of nitrogens with zero attached hydrogens (tertiary/aromatic N) is 1. The van der Waals surface area contributed by atoms with Gasteiger partial charge >= 0.3 is 0 Å². The van der Waals surface area contributed by atoms with Crippen LogP contribution in [0.15, 0.2) is 34.6 Å². The molecule has 0 fully saturated rings. The summed E-state index contributed by atoms with van der Waals surface area (Å²) in [5.74, 6) is -0.296. The third kappa shape index (κ3) is 3.00. The quantitative estimate of drug-likeness (QED) is 0.772. The molecular formula is C15H13N3O2S2. The normalized spacial score (nSPS) is 10.6. The Morgan fingerprint density at radius 3 is 2.77 bits per heavy atom. The minimum Gasteiger partial charge on any atom is -0.328 e. The van der Waals surface area contributed by atoms with E-state index < -0.39 is 0 Å². The first-order valence-corrected chi connectivity index (χ1v) is 8.25. The van der Waals surface area contributed by atoms with Gasteiger partial charge in [0.1, 0.15) is 0 Å². The van der Waals surface area contributed by atoms with Crippen LogP contribution in [0.2, 0.25) is 0 Å². The first-order chi connectivity index (χ1) is 10.5. The highest BCUT2D eigenvalue weighted by Crippen LogP contribution is 2.32. The van der Waals surface area contributed by atoms with Crippen molar-refractivity contribution in [2.24, 2.45) is 0 Å². The standard InChI is InChI=1S/C15H13N3O2S2/c1-8-5-11(9(2)22-8)12-7-21-15(17-12)18-14(20)10-3-4-13(19)16-6-10/h3-7H,1-2H3,(H,16,19)(H,17,18,20). The number of hydrogen-bond donors (Lipinski definition) is 2. The smallest absolute Gasteiger partial charge is 0.258 e. The van der Waals surface area contributed by atoms with Crippen LogP contribution in [0.4, 0.5) is 5.13 Å². The van der Waals surface area contributed by atoms with Gasteiger partial charge in [0.2, 0.25) is 5.56 Å². The third-order valence-electron chi connectivity index (χ3n) is 3.09. The molecule has 0 atom stereocenters. The SMILES string of the molecule is Cc1cc(-c2csc(NC(=O)c3ccc(=O)[nH]c3)n2)c(C)s1. The fraction of sp³-hybridized carbons (Fsp3) is 0.133. The zero-order valence-electron chi connectivity index (χ0n) is 12.0. The number of hydrogen-bond acceptors (Lipinski definition) is 5. The number of carbonyl (C=O) groups is 1. The van der Waals surface area contributed by atoms with Crippen LogP contribution < -0.4 is 10.9 Å². The lowest BCUT2D eigenvalue weighted by Crippen LogP contribution is -2.14. The molecule has 0 unspecified atom stereocenters. The van der Waals surface area contributed by atoms with Crippen LogP contribution in [-0.4, -0.2) is 15.9 Å². The molecule has 3 aromatic rings. The maximum absolute atomic E-state index is 12.1. The summed E-state index contributed by atoms with van der Waals surface area (Å²) in [6.07, 6.45) is 1.39. The predicted octanol–water partition coefficient (Wildman–Crippen LogP) is 3.43. The molecule has 0 spiro atoms. The van der Waals surface area contributed by atoms with E-state index in [1.165, 1.54) is 39.4 Å². The molecule has 0 aliphatic carbocycles. The first-order valence-electron chi connectivity index (χ1n) is 6.56. The van der Waals surface area contributed by atoms with Gasteiger partial charge in [-0.1, -0.05) is 0 Å². The van der Waals surface area contributed by atoms with Gasteiger partial charge in [0.05, 0.1) is 11.3 Å². The van der Waals surface area contributed by atoms with E-state index in [1.807, 2.05) is 5.38 Å². The van der Waals surface area contributed by atoms with Crippen molar-refractivity contribution in [2.45, 2.75) is 13.8 Å². The Hall–Kier alpha value is -2.25. The van der Waals surface area contributed by atoms with Crippen molar-refractivity contribution in [1.82, 2.24) is 9.97 Å². The van der Waals surface area contributed by atoms with Gasteiger partial charge in [0.15, 0.2) is 5.13 Å². The van der Waals surface area contributed by atoms with E-state index in [2.05, 4.69) is 35.2 Å². The van der Waals surface area contributed by atoms with Crippen LogP contribution in [0.5, 0.6) is 0 Å².